The van der Waals surface area contributed by atoms with Gasteiger partial charge in [0.25, 0.3) is 5.56 Å². The molecule has 0 amide bonds. The summed E-state index contributed by atoms with van der Waals surface area (Å²) in [6.07, 6.45) is 5.18. The van der Waals surface area contributed by atoms with Gasteiger partial charge in [-0.3, -0.25) is 14.7 Å². The van der Waals surface area contributed by atoms with Crippen molar-refractivity contribution < 1.29 is 9.47 Å². The van der Waals surface area contributed by atoms with E-state index < -0.39 is 0 Å². The van der Waals surface area contributed by atoms with E-state index in [1.54, 1.807) is 38.2 Å². The van der Waals surface area contributed by atoms with Crippen LogP contribution < -0.4 is 20.3 Å². The summed E-state index contributed by atoms with van der Waals surface area (Å²) in [5.41, 5.74) is 2.85. The van der Waals surface area contributed by atoms with Gasteiger partial charge in [-0.15, -0.1) is 12.4 Å². The molecule has 0 spiro atoms. The number of ether oxygens (including phenoxy) is 2. The number of halogens is 1. The Bertz CT molecular complexity index is 1070. The van der Waals surface area contributed by atoms with Crippen LogP contribution in [0.3, 0.4) is 0 Å². The third-order valence-electron chi connectivity index (χ3n) is 5.49. The second kappa shape index (κ2) is 9.47. The van der Waals surface area contributed by atoms with Crippen LogP contribution in [0.5, 0.6) is 11.5 Å². The lowest BCUT2D eigenvalue weighted by Gasteiger charge is -2.28. The Morgan fingerprint density at radius 3 is 2.40 bits per heavy atom. The number of methoxy groups -OCH3 is 2. The van der Waals surface area contributed by atoms with Gasteiger partial charge >= 0.3 is 0 Å². The first-order valence-electron chi connectivity index (χ1n) is 9.74. The summed E-state index contributed by atoms with van der Waals surface area (Å²) in [6.45, 7) is 4.73. The number of aryl methyl sites for hydroxylation is 1. The van der Waals surface area contributed by atoms with Crippen LogP contribution in [-0.2, 0) is 13.6 Å². The highest BCUT2D eigenvalue weighted by molar-refractivity contribution is 5.95. The monoisotopic (exact) mass is 430 g/mol. The number of nitrogens with zero attached hydrogens (tertiary/aromatic N) is 3. The van der Waals surface area contributed by atoms with Gasteiger partial charge in [0, 0.05) is 63.9 Å². The lowest BCUT2D eigenvalue weighted by Crippen LogP contribution is -2.43. The molecule has 160 valence electrons. The molecule has 1 aromatic carbocycles. The summed E-state index contributed by atoms with van der Waals surface area (Å²) < 4.78 is 13.1. The van der Waals surface area contributed by atoms with Crippen molar-refractivity contribution in [1.82, 2.24) is 19.8 Å². The maximum atomic E-state index is 12.5. The number of hydrogen-bond donors (Lipinski definition) is 1. The number of fused-ring (bicyclic) bond motifs is 1. The van der Waals surface area contributed by atoms with Gasteiger partial charge in [-0.2, -0.15) is 0 Å². The van der Waals surface area contributed by atoms with Gasteiger partial charge in [-0.1, -0.05) is 0 Å². The lowest BCUT2D eigenvalue weighted by atomic mass is 9.99. The molecule has 1 N–H and O–H groups in total. The van der Waals surface area contributed by atoms with E-state index in [0.29, 0.717) is 5.39 Å². The van der Waals surface area contributed by atoms with Crippen LogP contribution in [0, 0.1) is 0 Å². The first kappa shape index (κ1) is 22.1. The largest absolute Gasteiger partial charge is 0.496 e. The third kappa shape index (κ3) is 4.14. The van der Waals surface area contributed by atoms with E-state index in [9.17, 15) is 4.79 Å². The molecule has 1 saturated heterocycles. The van der Waals surface area contributed by atoms with Crippen molar-refractivity contribution in [1.29, 1.82) is 0 Å². The van der Waals surface area contributed by atoms with E-state index in [2.05, 4.69) is 15.2 Å². The zero-order valence-electron chi connectivity index (χ0n) is 17.5. The molecule has 1 aliphatic rings. The molecule has 0 aliphatic carbocycles. The lowest BCUT2D eigenvalue weighted by molar-refractivity contribution is 0.226. The van der Waals surface area contributed by atoms with Crippen molar-refractivity contribution in [2.24, 2.45) is 7.05 Å². The predicted octanol–water partition coefficient (Wildman–Crippen LogP) is 2.44. The average Bonchev–Trinajstić information content (AvgIpc) is 2.77. The number of pyridine rings is 2. The maximum Gasteiger partial charge on any atom is 0.259 e. The Labute approximate surface area is 182 Å². The van der Waals surface area contributed by atoms with Crippen LogP contribution in [0.4, 0.5) is 0 Å². The van der Waals surface area contributed by atoms with E-state index in [4.69, 9.17) is 9.47 Å². The molecule has 4 rings (SSSR count). The van der Waals surface area contributed by atoms with E-state index in [0.717, 1.165) is 66.3 Å². The summed E-state index contributed by atoms with van der Waals surface area (Å²) in [4.78, 5) is 19.0. The molecule has 7 nitrogen and oxygen atoms in total. The van der Waals surface area contributed by atoms with Crippen LogP contribution in [0.1, 0.15) is 5.56 Å². The van der Waals surface area contributed by atoms with E-state index in [-0.39, 0.29) is 18.0 Å². The molecule has 3 aromatic rings. The minimum atomic E-state index is -0.0638. The number of rotatable bonds is 5. The second-order valence-corrected chi connectivity index (χ2v) is 7.27. The summed E-state index contributed by atoms with van der Waals surface area (Å²) in [6, 6.07) is 5.93. The zero-order chi connectivity index (χ0) is 20.4. The molecule has 30 heavy (non-hydrogen) atoms. The van der Waals surface area contributed by atoms with Gasteiger partial charge in [0.1, 0.15) is 11.5 Å². The summed E-state index contributed by atoms with van der Waals surface area (Å²) >= 11 is 0. The molecule has 0 atom stereocenters. The molecular formula is C22H27ClN4O3. The molecule has 0 unspecified atom stereocenters. The molecule has 1 aliphatic heterocycles. The summed E-state index contributed by atoms with van der Waals surface area (Å²) in [5, 5.41) is 4.83. The van der Waals surface area contributed by atoms with E-state index in [1.807, 2.05) is 24.4 Å². The fraction of sp³-hybridized carbons (Fsp3) is 0.364. The van der Waals surface area contributed by atoms with Crippen LogP contribution in [-0.4, -0.2) is 54.8 Å². The van der Waals surface area contributed by atoms with Gasteiger partial charge in [0.05, 0.1) is 25.2 Å². The Morgan fingerprint density at radius 1 is 1.10 bits per heavy atom. The van der Waals surface area contributed by atoms with Gasteiger partial charge in [0.15, 0.2) is 0 Å². The Balaban J connectivity index is 0.00000256. The summed E-state index contributed by atoms with van der Waals surface area (Å²) in [5.74, 6) is 1.57. The minimum absolute atomic E-state index is 0. The number of piperazine rings is 1. The first-order chi connectivity index (χ1) is 14.1. The number of hydrogen-bond acceptors (Lipinski definition) is 6. The quantitative estimate of drug-likeness (QED) is 0.670. The molecule has 8 heteroatoms. The van der Waals surface area contributed by atoms with E-state index in [1.165, 1.54) is 0 Å². The van der Waals surface area contributed by atoms with E-state index >= 15 is 0 Å². The standard InChI is InChI=1S/C22H26N4O3.ClH/c1-25-13-18(16-4-5-24-12-17(16)22(25)27)15-10-20(28-2)19(21(11-15)29-3)14-26-8-6-23-7-9-26;/h4-5,10-13,23H,6-9,14H2,1-3H3;1H. The van der Waals surface area contributed by atoms with Gasteiger partial charge in [-0.05, 0) is 29.1 Å². The Kier molecular flexibility index (Phi) is 6.97. The zero-order valence-corrected chi connectivity index (χ0v) is 18.3. The highest BCUT2D eigenvalue weighted by Gasteiger charge is 2.19. The number of nitrogens with one attached hydrogen (secondary N) is 1. The predicted molar refractivity (Wildman–Crippen MR) is 121 cm³/mol. The topological polar surface area (TPSA) is 68.6 Å². The van der Waals surface area contributed by atoms with Crippen molar-refractivity contribution in [3.8, 4) is 22.6 Å². The maximum absolute atomic E-state index is 12.5. The van der Waals surface area contributed by atoms with Gasteiger partial charge < -0.3 is 19.4 Å². The van der Waals surface area contributed by atoms with Crippen LogP contribution in [0.2, 0.25) is 0 Å². The Morgan fingerprint density at radius 2 is 1.77 bits per heavy atom. The Hall–Kier alpha value is -2.61. The van der Waals surface area contributed by atoms with Crippen molar-refractivity contribution in [3.63, 3.8) is 0 Å². The fourth-order valence-electron chi connectivity index (χ4n) is 3.93. The SMILES string of the molecule is COc1cc(-c2cn(C)c(=O)c3cnccc23)cc(OC)c1CN1CCNCC1.Cl. The second-order valence-electron chi connectivity index (χ2n) is 7.27. The van der Waals surface area contributed by atoms with Crippen molar-refractivity contribution >= 4 is 23.2 Å². The summed E-state index contributed by atoms with van der Waals surface area (Å²) in [7, 11) is 5.12. The van der Waals surface area contributed by atoms with Crippen molar-refractivity contribution in [2.75, 3.05) is 40.4 Å². The molecular weight excluding hydrogens is 404 g/mol. The molecule has 0 saturated carbocycles. The van der Waals surface area contributed by atoms with Crippen LogP contribution >= 0.6 is 12.4 Å². The van der Waals surface area contributed by atoms with Crippen LogP contribution in [0.15, 0.2) is 41.6 Å². The molecule has 0 radical (unpaired) electrons. The van der Waals surface area contributed by atoms with Gasteiger partial charge in [-0.25, -0.2) is 0 Å². The third-order valence-corrected chi connectivity index (χ3v) is 5.49. The highest BCUT2D eigenvalue weighted by atomic mass is 35.5. The minimum Gasteiger partial charge on any atom is -0.496 e. The smallest absolute Gasteiger partial charge is 0.259 e. The highest BCUT2D eigenvalue weighted by Crippen LogP contribution is 2.37. The van der Waals surface area contributed by atoms with Gasteiger partial charge in [0.2, 0.25) is 0 Å². The molecule has 3 heterocycles. The molecule has 1 fully saturated rings. The molecule has 2 aromatic heterocycles. The first-order valence-corrected chi connectivity index (χ1v) is 9.74. The number of benzene rings is 1. The molecule has 0 bridgehead atoms. The van der Waals surface area contributed by atoms with Crippen LogP contribution in [0.25, 0.3) is 21.9 Å². The average molecular weight is 431 g/mol. The van der Waals surface area contributed by atoms with Crippen molar-refractivity contribution in [2.45, 2.75) is 6.54 Å². The fourth-order valence-corrected chi connectivity index (χ4v) is 3.93. The van der Waals surface area contributed by atoms with Crippen molar-refractivity contribution in [3.05, 3.63) is 52.7 Å². The normalized spacial score (nSPS) is 14.4. The number of aromatic nitrogens is 2.